The number of furan rings is 1. The molecular formula is C25H22ClNO7. The highest BCUT2D eigenvalue weighted by Crippen LogP contribution is 2.45. The number of benzene rings is 2. The van der Waals surface area contributed by atoms with Gasteiger partial charge in [-0.1, -0.05) is 17.7 Å². The predicted molar refractivity (Wildman–Crippen MR) is 126 cm³/mol. The second-order valence-electron chi connectivity index (χ2n) is 7.30. The van der Waals surface area contributed by atoms with Gasteiger partial charge in [0.1, 0.15) is 34.8 Å². The van der Waals surface area contributed by atoms with Gasteiger partial charge < -0.3 is 23.7 Å². The van der Waals surface area contributed by atoms with Gasteiger partial charge >= 0.3 is 0 Å². The highest BCUT2D eigenvalue weighted by Gasteiger charge is 2.48. The molecule has 1 fully saturated rings. The third kappa shape index (κ3) is 3.97. The molecule has 8 nitrogen and oxygen atoms in total. The van der Waals surface area contributed by atoms with E-state index >= 15 is 0 Å². The van der Waals surface area contributed by atoms with E-state index in [1.807, 2.05) is 6.92 Å². The molecule has 1 saturated heterocycles. The monoisotopic (exact) mass is 483 g/mol. The molecule has 4 rings (SSSR count). The van der Waals surface area contributed by atoms with E-state index in [1.54, 1.807) is 36.4 Å². The van der Waals surface area contributed by atoms with Crippen molar-refractivity contribution >= 4 is 34.7 Å². The molecule has 1 aliphatic heterocycles. The van der Waals surface area contributed by atoms with Gasteiger partial charge in [-0.25, -0.2) is 0 Å². The van der Waals surface area contributed by atoms with Crippen LogP contribution in [-0.2, 0) is 9.59 Å². The lowest BCUT2D eigenvalue weighted by Gasteiger charge is -2.24. The van der Waals surface area contributed by atoms with Crippen LogP contribution >= 0.6 is 11.6 Å². The van der Waals surface area contributed by atoms with Crippen LogP contribution in [0, 0.1) is 0 Å². The van der Waals surface area contributed by atoms with Crippen molar-refractivity contribution in [1.82, 2.24) is 0 Å². The molecule has 0 saturated carbocycles. The van der Waals surface area contributed by atoms with Crippen LogP contribution < -0.4 is 19.1 Å². The molecule has 1 N–H and O–H groups in total. The minimum absolute atomic E-state index is 0.140. The number of halogens is 1. The van der Waals surface area contributed by atoms with Crippen molar-refractivity contribution in [3.8, 4) is 17.2 Å². The molecule has 0 bridgehead atoms. The quantitative estimate of drug-likeness (QED) is 0.287. The van der Waals surface area contributed by atoms with Gasteiger partial charge in [-0.15, -0.1) is 0 Å². The molecule has 1 atom stereocenters. The number of hydrogen-bond donors (Lipinski definition) is 1. The molecule has 0 radical (unpaired) electrons. The van der Waals surface area contributed by atoms with E-state index in [1.165, 1.54) is 37.5 Å². The van der Waals surface area contributed by atoms with Crippen LogP contribution in [0.1, 0.15) is 24.3 Å². The number of carbonyl (C=O) groups is 2. The molecule has 2 heterocycles. The Labute approximate surface area is 200 Å². The summed E-state index contributed by atoms with van der Waals surface area (Å²) in [6.07, 6.45) is 1.43. The zero-order valence-corrected chi connectivity index (χ0v) is 19.5. The first-order chi connectivity index (χ1) is 16.4. The van der Waals surface area contributed by atoms with Gasteiger partial charge in [0.15, 0.2) is 0 Å². The third-order valence-corrected chi connectivity index (χ3v) is 5.69. The zero-order chi connectivity index (χ0) is 24.4. The summed E-state index contributed by atoms with van der Waals surface area (Å²) in [6.45, 7) is 2.28. The van der Waals surface area contributed by atoms with Crippen molar-refractivity contribution in [2.24, 2.45) is 0 Å². The minimum atomic E-state index is -1.03. The maximum atomic E-state index is 13.3. The lowest BCUT2D eigenvalue weighted by atomic mass is 9.98. The molecule has 0 aliphatic carbocycles. The van der Waals surface area contributed by atoms with Gasteiger partial charge in [-0.05, 0) is 37.3 Å². The normalized spacial score (nSPS) is 17.2. The van der Waals surface area contributed by atoms with E-state index in [2.05, 4.69) is 0 Å². The van der Waals surface area contributed by atoms with Gasteiger partial charge in [-0.2, -0.15) is 0 Å². The summed E-state index contributed by atoms with van der Waals surface area (Å²) < 4.78 is 21.8. The highest BCUT2D eigenvalue weighted by molar-refractivity contribution is 6.51. The topological polar surface area (TPSA) is 98.4 Å². The molecule has 34 heavy (non-hydrogen) atoms. The van der Waals surface area contributed by atoms with E-state index < -0.39 is 23.5 Å². The number of anilines is 1. The summed E-state index contributed by atoms with van der Waals surface area (Å²) in [6, 6.07) is 11.9. The highest BCUT2D eigenvalue weighted by atomic mass is 35.5. The largest absolute Gasteiger partial charge is 0.507 e. The summed E-state index contributed by atoms with van der Waals surface area (Å²) >= 11 is 6.19. The molecule has 1 aromatic heterocycles. The van der Waals surface area contributed by atoms with E-state index in [0.29, 0.717) is 23.8 Å². The number of carbonyl (C=O) groups excluding carboxylic acids is 2. The van der Waals surface area contributed by atoms with E-state index in [4.69, 9.17) is 30.2 Å². The SMILES string of the molecule is CCOc1cccc(N2C(=O)C(=O)/C(=C(/O)c3cc(OC)c(Cl)cc3OC)C2c2ccco2)c1. The molecule has 2 aromatic carbocycles. The second kappa shape index (κ2) is 9.52. The third-order valence-electron chi connectivity index (χ3n) is 5.39. The Balaban J connectivity index is 1.94. The number of Topliss-reactive ketones (excluding diaryl/α,β-unsaturated/α-hetero) is 1. The Morgan fingerprint density at radius 2 is 1.85 bits per heavy atom. The summed E-state index contributed by atoms with van der Waals surface area (Å²) in [5.74, 6) is -0.863. The maximum absolute atomic E-state index is 13.3. The van der Waals surface area contributed by atoms with Crippen LogP contribution in [0.4, 0.5) is 5.69 Å². The van der Waals surface area contributed by atoms with Crippen molar-refractivity contribution in [2.75, 3.05) is 25.7 Å². The Morgan fingerprint density at radius 1 is 1.09 bits per heavy atom. The fourth-order valence-corrected chi connectivity index (χ4v) is 4.13. The first kappa shape index (κ1) is 23.3. The van der Waals surface area contributed by atoms with E-state index in [-0.39, 0.29) is 27.7 Å². The second-order valence-corrected chi connectivity index (χ2v) is 7.71. The van der Waals surface area contributed by atoms with E-state index in [0.717, 1.165) is 0 Å². The molecule has 3 aromatic rings. The number of aliphatic hydroxyl groups excluding tert-OH is 1. The standard InChI is InChI=1S/C25H22ClNO7/c1-4-33-15-8-5-7-14(11-15)27-22(18-9-6-10-34-18)21(24(29)25(27)30)23(28)16-12-20(32-3)17(26)13-19(16)31-2/h5-13,22,28H,4H2,1-3H3/b23-21+. The number of aliphatic hydroxyl groups is 1. The molecule has 0 spiro atoms. The van der Waals surface area contributed by atoms with Crippen LogP contribution in [-0.4, -0.2) is 37.6 Å². The summed E-state index contributed by atoms with van der Waals surface area (Å²) in [5.41, 5.74) is 0.389. The van der Waals surface area contributed by atoms with Crippen LogP contribution in [0.2, 0.25) is 5.02 Å². The van der Waals surface area contributed by atoms with Crippen LogP contribution in [0.25, 0.3) is 5.76 Å². The number of rotatable bonds is 7. The number of hydrogen-bond acceptors (Lipinski definition) is 7. The Kier molecular flexibility index (Phi) is 6.51. The van der Waals surface area contributed by atoms with Crippen molar-refractivity contribution in [3.63, 3.8) is 0 Å². The van der Waals surface area contributed by atoms with Crippen molar-refractivity contribution in [3.05, 3.63) is 76.7 Å². The number of amides is 1. The van der Waals surface area contributed by atoms with Crippen molar-refractivity contribution in [1.29, 1.82) is 0 Å². The molecule has 9 heteroatoms. The van der Waals surface area contributed by atoms with Crippen LogP contribution in [0.3, 0.4) is 0 Å². The molecule has 176 valence electrons. The number of ketones is 1. The van der Waals surface area contributed by atoms with Crippen LogP contribution in [0.5, 0.6) is 17.2 Å². The van der Waals surface area contributed by atoms with E-state index in [9.17, 15) is 14.7 Å². The first-order valence-corrected chi connectivity index (χ1v) is 10.8. The Bertz CT molecular complexity index is 1270. The maximum Gasteiger partial charge on any atom is 0.300 e. The van der Waals surface area contributed by atoms with Crippen molar-refractivity contribution < 1.29 is 33.3 Å². The van der Waals surface area contributed by atoms with Gasteiger partial charge in [0.2, 0.25) is 0 Å². The van der Waals surface area contributed by atoms with Gasteiger partial charge in [-0.3, -0.25) is 14.5 Å². The van der Waals surface area contributed by atoms with Crippen molar-refractivity contribution in [2.45, 2.75) is 13.0 Å². The van der Waals surface area contributed by atoms with Gasteiger partial charge in [0.05, 0.1) is 43.2 Å². The first-order valence-electron chi connectivity index (χ1n) is 10.4. The van der Waals surface area contributed by atoms with Gasteiger partial charge in [0.25, 0.3) is 11.7 Å². The summed E-state index contributed by atoms with van der Waals surface area (Å²) in [4.78, 5) is 27.8. The fourth-order valence-electron chi connectivity index (χ4n) is 3.90. The summed E-state index contributed by atoms with van der Waals surface area (Å²) in [7, 11) is 2.82. The average Bonchev–Trinajstić information content (AvgIpc) is 3.45. The van der Waals surface area contributed by atoms with Crippen LogP contribution in [0.15, 0.2) is 64.8 Å². The summed E-state index contributed by atoms with van der Waals surface area (Å²) in [5, 5.41) is 11.6. The molecular weight excluding hydrogens is 462 g/mol. The molecule has 1 unspecified atom stereocenters. The molecule has 1 amide bonds. The zero-order valence-electron chi connectivity index (χ0n) is 18.7. The number of ether oxygens (including phenoxy) is 3. The number of nitrogens with zero attached hydrogens (tertiary/aromatic N) is 1. The lowest BCUT2D eigenvalue weighted by Crippen LogP contribution is -2.29. The Hall–Kier alpha value is -3.91. The predicted octanol–water partition coefficient (Wildman–Crippen LogP) is 4.98. The Morgan fingerprint density at radius 3 is 2.50 bits per heavy atom. The number of methoxy groups -OCH3 is 2. The minimum Gasteiger partial charge on any atom is -0.507 e. The fraction of sp³-hybridized carbons (Fsp3) is 0.200. The smallest absolute Gasteiger partial charge is 0.300 e. The van der Waals surface area contributed by atoms with Gasteiger partial charge in [0, 0.05) is 17.8 Å². The molecule has 1 aliphatic rings. The average molecular weight is 484 g/mol. The lowest BCUT2D eigenvalue weighted by molar-refractivity contribution is -0.132.